The van der Waals surface area contributed by atoms with Crippen molar-refractivity contribution in [2.45, 2.75) is 37.6 Å². The van der Waals surface area contributed by atoms with Crippen molar-refractivity contribution in [3.63, 3.8) is 0 Å². The number of hydrogen-bond donors (Lipinski definition) is 2. The number of benzene rings is 2. The largest absolute Gasteiger partial charge is 0.346 e. The number of nitrogens with one attached hydrogen (secondary N) is 1. The molecule has 1 amide bonds. The number of nitrogens with two attached hydrogens (primary N) is 1. The Balaban J connectivity index is 2.33. The lowest BCUT2D eigenvalue weighted by molar-refractivity contribution is 0.0910. The van der Waals surface area contributed by atoms with Crippen LogP contribution in [0.4, 0.5) is 0 Å². The Morgan fingerprint density at radius 2 is 1.80 bits per heavy atom. The molecule has 0 saturated heterocycles. The lowest BCUT2D eigenvalue weighted by atomic mass is 10.1. The summed E-state index contributed by atoms with van der Waals surface area (Å²) in [6.45, 7) is 5.83. The van der Waals surface area contributed by atoms with E-state index in [0.717, 1.165) is 6.26 Å². The standard InChI is InChI=1S/C25H26Cl2N4O3S/c1-25(2,3)29-24(32)21-23(35(4,33)34)22(17-9-11-18(26)12-10-17)31(30-21)20-13-8-16(15-19(20)27)7-5-6-14-28/h8-13,15H,6,14,28H2,1-4H3,(H,29,32). The van der Waals surface area contributed by atoms with Crippen LogP contribution < -0.4 is 11.1 Å². The van der Waals surface area contributed by atoms with Gasteiger partial charge in [0.2, 0.25) is 0 Å². The van der Waals surface area contributed by atoms with Crippen LogP contribution >= 0.6 is 23.2 Å². The maximum Gasteiger partial charge on any atom is 0.273 e. The summed E-state index contributed by atoms with van der Waals surface area (Å²) in [5.41, 5.74) is 6.41. The van der Waals surface area contributed by atoms with Gasteiger partial charge in [0, 0.05) is 40.9 Å². The maximum absolute atomic E-state index is 13.2. The van der Waals surface area contributed by atoms with Crippen LogP contribution in [0.5, 0.6) is 0 Å². The van der Waals surface area contributed by atoms with Crippen molar-refractivity contribution in [2.24, 2.45) is 5.73 Å². The van der Waals surface area contributed by atoms with Crippen LogP contribution in [0.2, 0.25) is 10.0 Å². The molecule has 0 saturated carbocycles. The molecule has 2 aromatic carbocycles. The van der Waals surface area contributed by atoms with Crippen molar-refractivity contribution in [1.82, 2.24) is 15.1 Å². The molecule has 10 heteroatoms. The summed E-state index contributed by atoms with van der Waals surface area (Å²) in [4.78, 5) is 13.0. The van der Waals surface area contributed by atoms with Crippen LogP contribution in [0.1, 0.15) is 43.2 Å². The summed E-state index contributed by atoms with van der Waals surface area (Å²) in [5, 5.41) is 8.00. The summed E-state index contributed by atoms with van der Waals surface area (Å²) in [6.07, 6.45) is 1.59. The van der Waals surface area contributed by atoms with E-state index in [9.17, 15) is 13.2 Å². The second kappa shape index (κ2) is 10.4. The lowest BCUT2D eigenvalue weighted by Crippen LogP contribution is -2.41. The average Bonchev–Trinajstić information content (AvgIpc) is 3.14. The lowest BCUT2D eigenvalue weighted by Gasteiger charge is -2.19. The summed E-state index contributed by atoms with van der Waals surface area (Å²) in [6, 6.07) is 11.7. The predicted octanol–water partition coefficient (Wildman–Crippen LogP) is 4.48. The van der Waals surface area contributed by atoms with Gasteiger partial charge in [-0.3, -0.25) is 4.79 Å². The number of hydrogen-bond acceptors (Lipinski definition) is 5. The molecule has 3 aromatic rings. The van der Waals surface area contributed by atoms with Crippen LogP contribution in [0.25, 0.3) is 16.9 Å². The van der Waals surface area contributed by atoms with Crippen LogP contribution in [0.15, 0.2) is 47.4 Å². The number of sulfone groups is 1. The average molecular weight is 533 g/mol. The number of nitrogens with zero attached hydrogens (tertiary/aromatic N) is 2. The molecule has 0 spiro atoms. The van der Waals surface area contributed by atoms with Gasteiger partial charge in [-0.15, -0.1) is 0 Å². The van der Waals surface area contributed by atoms with E-state index in [2.05, 4.69) is 22.3 Å². The van der Waals surface area contributed by atoms with E-state index in [1.54, 1.807) is 63.2 Å². The molecule has 184 valence electrons. The van der Waals surface area contributed by atoms with Gasteiger partial charge in [-0.25, -0.2) is 13.1 Å². The first kappa shape index (κ1) is 26.8. The highest BCUT2D eigenvalue weighted by Crippen LogP contribution is 2.35. The Bertz CT molecular complexity index is 1430. The first-order valence-corrected chi connectivity index (χ1v) is 13.4. The molecular formula is C25H26Cl2N4O3S. The van der Waals surface area contributed by atoms with Crippen molar-refractivity contribution in [3.05, 3.63) is 63.8 Å². The van der Waals surface area contributed by atoms with Crippen molar-refractivity contribution < 1.29 is 13.2 Å². The van der Waals surface area contributed by atoms with Crippen LogP contribution in [-0.4, -0.2) is 42.4 Å². The monoisotopic (exact) mass is 532 g/mol. The van der Waals surface area contributed by atoms with E-state index in [4.69, 9.17) is 28.9 Å². The Labute approximate surface area is 215 Å². The molecule has 0 unspecified atom stereocenters. The smallest absolute Gasteiger partial charge is 0.273 e. The van der Waals surface area contributed by atoms with Crippen molar-refractivity contribution >= 4 is 38.9 Å². The van der Waals surface area contributed by atoms with Crippen LogP contribution in [0.3, 0.4) is 0 Å². The minimum Gasteiger partial charge on any atom is -0.346 e. The van der Waals surface area contributed by atoms with Crippen LogP contribution in [-0.2, 0) is 9.84 Å². The van der Waals surface area contributed by atoms with Gasteiger partial charge in [-0.2, -0.15) is 5.10 Å². The van der Waals surface area contributed by atoms with E-state index in [0.29, 0.717) is 34.8 Å². The van der Waals surface area contributed by atoms with E-state index < -0.39 is 21.3 Å². The fraction of sp³-hybridized carbons (Fsp3) is 0.280. The van der Waals surface area contributed by atoms with Crippen molar-refractivity contribution in [1.29, 1.82) is 0 Å². The quantitative estimate of drug-likeness (QED) is 0.471. The van der Waals surface area contributed by atoms with Crippen molar-refractivity contribution in [2.75, 3.05) is 12.8 Å². The van der Waals surface area contributed by atoms with Gasteiger partial charge >= 0.3 is 0 Å². The number of halogens is 2. The molecule has 0 aliphatic heterocycles. The second-order valence-electron chi connectivity index (χ2n) is 8.93. The Hall–Kier alpha value is -2.83. The van der Waals surface area contributed by atoms with Gasteiger partial charge in [0.15, 0.2) is 15.5 Å². The fourth-order valence-corrected chi connectivity index (χ4v) is 4.76. The Morgan fingerprint density at radius 3 is 2.34 bits per heavy atom. The molecule has 3 N–H and O–H groups in total. The maximum atomic E-state index is 13.2. The molecular weight excluding hydrogens is 507 g/mol. The van der Waals surface area contributed by atoms with Gasteiger partial charge in [0.05, 0.1) is 16.4 Å². The molecule has 7 nitrogen and oxygen atoms in total. The van der Waals surface area contributed by atoms with E-state index in [1.165, 1.54) is 4.68 Å². The number of carbonyl (C=O) groups is 1. The van der Waals surface area contributed by atoms with E-state index in [-0.39, 0.29) is 21.3 Å². The predicted molar refractivity (Wildman–Crippen MR) is 140 cm³/mol. The molecule has 0 fully saturated rings. The molecule has 0 atom stereocenters. The minimum absolute atomic E-state index is 0.201. The van der Waals surface area contributed by atoms with Crippen LogP contribution in [0, 0.1) is 11.8 Å². The number of aromatic nitrogens is 2. The highest BCUT2D eigenvalue weighted by Gasteiger charge is 2.32. The summed E-state index contributed by atoms with van der Waals surface area (Å²) < 4.78 is 27.4. The fourth-order valence-electron chi connectivity index (χ4n) is 3.33. The molecule has 0 aliphatic rings. The highest BCUT2D eigenvalue weighted by molar-refractivity contribution is 7.91. The third-order valence-electron chi connectivity index (χ3n) is 4.71. The van der Waals surface area contributed by atoms with Gasteiger partial charge in [0.1, 0.15) is 4.90 Å². The zero-order valence-corrected chi connectivity index (χ0v) is 22.1. The molecule has 1 aromatic heterocycles. The third kappa shape index (κ3) is 6.44. The Morgan fingerprint density at radius 1 is 1.14 bits per heavy atom. The summed E-state index contributed by atoms with van der Waals surface area (Å²) >= 11 is 12.7. The minimum atomic E-state index is -3.90. The van der Waals surface area contributed by atoms with Gasteiger partial charge in [0.25, 0.3) is 5.91 Å². The third-order valence-corrected chi connectivity index (χ3v) is 6.39. The number of carbonyl (C=O) groups excluding carboxylic acids is 1. The van der Waals surface area contributed by atoms with E-state index in [1.807, 2.05) is 0 Å². The van der Waals surface area contributed by atoms with Gasteiger partial charge in [-0.05, 0) is 51.1 Å². The molecule has 0 radical (unpaired) electrons. The van der Waals surface area contributed by atoms with Gasteiger partial charge in [-0.1, -0.05) is 47.2 Å². The van der Waals surface area contributed by atoms with Crippen molar-refractivity contribution in [3.8, 4) is 28.8 Å². The molecule has 35 heavy (non-hydrogen) atoms. The Kier molecular flexibility index (Phi) is 7.97. The molecule has 3 rings (SSSR count). The zero-order chi connectivity index (χ0) is 26.0. The normalized spacial score (nSPS) is 11.6. The van der Waals surface area contributed by atoms with Gasteiger partial charge < -0.3 is 11.1 Å². The number of rotatable bonds is 5. The topological polar surface area (TPSA) is 107 Å². The second-order valence-corrected chi connectivity index (χ2v) is 11.7. The molecule has 1 heterocycles. The summed E-state index contributed by atoms with van der Waals surface area (Å²) in [7, 11) is -3.90. The number of amides is 1. The first-order chi connectivity index (χ1) is 16.3. The first-order valence-electron chi connectivity index (χ1n) is 10.7. The zero-order valence-electron chi connectivity index (χ0n) is 19.8. The highest BCUT2D eigenvalue weighted by atomic mass is 35.5. The SMILES string of the molecule is CC(C)(C)NC(=O)c1nn(-c2ccc(C#CCCN)cc2Cl)c(-c2ccc(Cl)cc2)c1S(C)(=O)=O. The molecule has 0 aliphatic carbocycles. The van der Waals surface area contributed by atoms with E-state index >= 15 is 0 Å². The molecule has 0 bridgehead atoms. The summed E-state index contributed by atoms with van der Waals surface area (Å²) in [5.74, 6) is 5.31.